The van der Waals surface area contributed by atoms with E-state index in [0.717, 1.165) is 16.3 Å². The van der Waals surface area contributed by atoms with Crippen LogP contribution in [-0.2, 0) is 11.4 Å². The van der Waals surface area contributed by atoms with Gasteiger partial charge in [0.2, 0.25) is 0 Å². The van der Waals surface area contributed by atoms with E-state index in [0.29, 0.717) is 35.1 Å². The second-order valence-electron chi connectivity index (χ2n) is 7.69. The summed E-state index contributed by atoms with van der Waals surface area (Å²) in [6.45, 7) is 0.376. The number of hydrogen-bond acceptors (Lipinski definition) is 5. The predicted octanol–water partition coefficient (Wildman–Crippen LogP) is 5.98. The van der Waals surface area contributed by atoms with Crippen molar-refractivity contribution in [2.75, 3.05) is 19.5 Å². The number of fused-ring (bicyclic) bond motifs is 1. The van der Waals surface area contributed by atoms with Crippen LogP contribution < -0.4 is 19.5 Å². The molecule has 6 nitrogen and oxygen atoms in total. The van der Waals surface area contributed by atoms with E-state index in [1.165, 1.54) is 6.08 Å². The number of methoxy groups -OCH3 is 2. The fourth-order valence-corrected chi connectivity index (χ4v) is 3.66. The summed E-state index contributed by atoms with van der Waals surface area (Å²) in [6, 6.07) is 28.4. The fraction of sp³-hybridized carbons (Fsp3) is 0.103. The Labute approximate surface area is 204 Å². The van der Waals surface area contributed by atoms with Gasteiger partial charge in [0.25, 0.3) is 5.91 Å². The summed E-state index contributed by atoms with van der Waals surface area (Å²) in [7, 11) is 3.12. The molecule has 0 saturated heterocycles. The summed E-state index contributed by atoms with van der Waals surface area (Å²) in [6.07, 6.45) is 1.51. The lowest BCUT2D eigenvalue weighted by Gasteiger charge is -2.13. The Hall–Kier alpha value is -4.76. The number of hydrogen-bond donors (Lipinski definition) is 1. The molecule has 0 fully saturated rings. The number of benzene rings is 4. The molecular weight excluding hydrogens is 440 g/mol. The Morgan fingerprint density at radius 1 is 0.914 bits per heavy atom. The number of nitriles is 1. The number of anilines is 1. The average molecular weight is 465 g/mol. The molecule has 0 atom stereocenters. The van der Waals surface area contributed by atoms with Crippen LogP contribution in [0.15, 0.2) is 90.5 Å². The quantitative estimate of drug-likeness (QED) is 0.256. The fourth-order valence-electron chi connectivity index (χ4n) is 3.66. The van der Waals surface area contributed by atoms with Gasteiger partial charge >= 0.3 is 0 Å². The average Bonchev–Trinajstić information content (AvgIpc) is 2.91. The Balaban J connectivity index is 1.50. The number of nitrogens with zero attached hydrogens (tertiary/aromatic N) is 1. The van der Waals surface area contributed by atoms with E-state index in [-0.39, 0.29) is 5.57 Å². The molecule has 6 heteroatoms. The summed E-state index contributed by atoms with van der Waals surface area (Å²) in [5.74, 6) is 1.24. The number of carbonyl (C=O) groups is 1. The Bertz CT molecular complexity index is 1410. The van der Waals surface area contributed by atoms with Gasteiger partial charge in [0, 0.05) is 5.69 Å². The molecule has 0 heterocycles. The van der Waals surface area contributed by atoms with Crippen molar-refractivity contribution < 1.29 is 19.0 Å². The normalized spacial score (nSPS) is 10.9. The van der Waals surface area contributed by atoms with Crippen LogP contribution in [0.4, 0.5) is 5.69 Å². The van der Waals surface area contributed by atoms with Crippen LogP contribution in [0.1, 0.15) is 11.1 Å². The maximum absolute atomic E-state index is 12.6. The first kappa shape index (κ1) is 23.4. The Morgan fingerprint density at radius 3 is 2.43 bits per heavy atom. The third-order valence-electron chi connectivity index (χ3n) is 5.47. The predicted molar refractivity (Wildman–Crippen MR) is 136 cm³/mol. The highest BCUT2D eigenvalue weighted by Crippen LogP contribution is 2.30. The van der Waals surface area contributed by atoms with Crippen molar-refractivity contribution in [3.05, 3.63) is 102 Å². The molecule has 0 aromatic heterocycles. The molecule has 174 valence electrons. The number of carbonyl (C=O) groups excluding carboxylic acids is 1. The zero-order valence-corrected chi connectivity index (χ0v) is 19.4. The van der Waals surface area contributed by atoms with E-state index in [1.54, 1.807) is 56.7 Å². The van der Waals surface area contributed by atoms with Crippen molar-refractivity contribution in [1.29, 1.82) is 5.26 Å². The van der Waals surface area contributed by atoms with Crippen LogP contribution in [0.3, 0.4) is 0 Å². The van der Waals surface area contributed by atoms with Gasteiger partial charge in [-0.1, -0.05) is 48.5 Å². The molecule has 35 heavy (non-hydrogen) atoms. The zero-order valence-electron chi connectivity index (χ0n) is 19.4. The number of rotatable bonds is 8. The first-order chi connectivity index (χ1) is 17.1. The second-order valence-corrected chi connectivity index (χ2v) is 7.69. The van der Waals surface area contributed by atoms with E-state index in [4.69, 9.17) is 14.2 Å². The molecule has 0 aliphatic carbocycles. The third-order valence-corrected chi connectivity index (χ3v) is 5.47. The monoisotopic (exact) mass is 464 g/mol. The number of ether oxygens (including phenoxy) is 3. The lowest BCUT2D eigenvalue weighted by atomic mass is 10.1. The topological polar surface area (TPSA) is 80.6 Å². The highest BCUT2D eigenvalue weighted by Gasteiger charge is 2.12. The van der Waals surface area contributed by atoms with E-state index >= 15 is 0 Å². The SMILES string of the molecule is COc1ccc(NC(=O)/C(C#N)=C/c2ccc(OCc3cccc4ccccc34)c(OC)c2)cc1. The summed E-state index contributed by atoms with van der Waals surface area (Å²) in [5.41, 5.74) is 2.23. The first-order valence-electron chi connectivity index (χ1n) is 11.0. The van der Waals surface area contributed by atoms with Crippen molar-refractivity contribution in [3.63, 3.8) is 0 Å². The summed E-state index contributed by atoms with van der Waals surface area (Å²) < 4.78 is 16.7. The summed E-state index contributed by atoms with van der Waals surface area (Å²) in [4.78, 5) is 12.6. The van der Waals surface area contributed by atoms with Gasteiger partial charge in [-0.05, 0) is 64.4 Å². The molecule has 0 unspecified atom stereocenters. The molecule has 1 amide bonds. The van der Waals surface area contributed by atoms with Gasteiger partial charge in [-0.3, -0.25) is 4.79 Å². The van der Waals surface area contributed by atoms with E-state index in [9.17, 15) is 10.1 Å². The van der Waals surface area contributed by atoms with E-state index in [1.807, 2.05) is 30.3 Å². The Morgan fingerprint density at radius 2 is 1.69 bits per heavy atom. The smallest absolute Gasteiger partial charge is 0.266 e. The molecule has 0 bridgehead atoms. The maximum Gasteiger partial charge on any atom is 0.266 e. The van der Waals surface area contributed by atoms with Crippen LogP contribution in [0.2, 0.25) is 0 Å². The number of nitrogens with one attached hydrogen (secondary N) is 1. The van der Waals surface area contributed by atoms with E-state index in [2.05, 4.69) is 23.5 Å². The molecule has 0 aliphatic heterocycles. The van der Waals surface area contributed by atoms with Crippen LogP contribution in [0, 0.1) is 11.3 Å². The minimum atomic E-state index is -0.507. The molecule has 4 aromatic rings. The van der Waals surface area contributed by atoms with Crippen molar-refractivity contribution >= 4 is 28.4 Å². The minimum absolute atomic E-state index is 0.0349. The van der Waals surface area contributed by atoms with Crippen molar-refractivity contribution in [1.82, 2.24) is 0 Å². The first-order valence-corrected chi connectivity index (χ1v) is 11.0. The highest BCUT2D eigenvalue weighted by atomic mass is 16.5. The molecule has 0 aliphatic rings. The van der Waals surface area contributed by atoms with Crippen LogP contribution in [0.5, 0.6) is 17.2 Å². The van der Waals surface area contributed by atoms with Gasteiger partial charge in [0.15, 0.2) is 11.5 Å². The largest absolute Gasteiger partial charge is 0.497 e. The van der Waals surface area contributed by atoms with Crippen molar-refractivity contribution in [3.8, 4) is 23.3 Å². The second kappa shape index (κ2) is 10.9. The molecule has 0 saturated carbocycles. The minimum Gasteiger partial charge on any atom is -0.497 e. The van der Waals surface area contributed by atoms with E-state index < -0.39 is 5.91 Å². The van der Waals surface area contributed by atoms with Crippen molar-refractivity contribution in [2.45, 2.75) is 6.61 Å². The lowest BCUT2D eigenvalue weighted by Crippen LogP contribution is -2.13. The van der Waals surface area contributed by atoms with Crippen molar-refractivity contribution in [2.24, 2.45) is 0 Å². The van der Waals surface area contributed by atoms with Gasteiger partial charge in [-0.15, -0.1) is 0 Å². The molecule has 1 N–H and O–H groups in total. The van der Waals surface area contributed by atoms with Gasteiger partial charge in [0.05, 0.1) is 14.2 Å². The lowest BCUT2D eigenvalue weighted by molar-refractivity contribution is -0.112. The summed E-state index contributed by atoms with van der Waals surface area (Å²) in [5, 5.41) is 14.5. The van der Waals surface area contributed by atoms with Gasteiger partial charge in [-0.25, -0.2) is 0 Å². The van der Waals surface area contributed by atoms with Gasteiger partial charge in [0.1, 0.15) is 24.0 Å². The zero-order chi connectivity index (χ0) is 24.6. The van der Waals surface area contributed by atoms with Crippen LogP contribution >= 0.6 is 0 Å². The van der Waals surface area contributed by atoms with Gasteiger partial charge < -0.3 is 19.5 Å². The number of amides is 1. The standard InChI is InChI=1S/C29H24N2O4/c1-33-25-13-11-24(12-14-25)31-29(32)23(18-30)16-20-10-15-27(28(17-20)34-2)35-19-22-8-5-7-21-6-3-4-9-26(21)22/h3-17H,19H2,1-2H3,(H,31,32)/b23-16+. The molecule has 4 aromatic carbocycles. The highest BCUT2D eigenvalue weighted by molar-refractivity contribution is 6.09. The third kappa shape index (κ3) is 5.60. The summed E-state index contributed by atoms with van der Waals surface area (Å²) >= 11 is 0. The van der Waals surface area contributed by atoms with Gasteiger partial charge in [-0.2, -0.15) is 5.26 Å². The molecule has 0 spiro atoms. The Kier molecular flexibility index (Phi) is 7.29. The molecule has 0 radical (unpaired) electrons. The van der Waals surface area contributed by atoms with Crippen LogP contribution in [0.25, 0.3) is 16.8 Å². The van der Waals surface area contributed by atoms with Crippen LogP contribution in [-0.4, -0.2) is 20.1 Å². The maximum atomic E-state index is 12.6. The molecule has 4 rings (SSSR count). The molecular formula is C29H24N2O4.